The van der Waals surface area contributed by atoms with Crippen LogP contribution in [0.5, 0.6) is 5.75 Å². The summed E-state index contributed by atoms with van der Waals surface area (Å²) < 4.78 is 5.53. The van der Waals surface area contributed by atoms with Crippen molar-refractivity contribution in [1.82, 2.24) is 0 Å². The molecule has 0 saturated heterocycles. The van der Waals surface area contributed by atoms with Crippen molar-refractivity contribution in [2.45, 2.75) is 26.7 Å². The summed E-state index contributed by atoms with van der Waals surface area (Å²) in [6.45, 7) is 8.28. The number of hydrogen-bond donors (Lipinski definition) is 0. The molecule has 0 amide bonds. The Balaban J connectivity index is 3.27. The summed E-state index contributed by atoms with van der Waals surface area (Å²) in [6, 6.07) is 3.98. The number of benzene rings is 1. The zero-order valence-electron chi connectivity index (χ0n) is 9.95. The van der Waals surface area contributed by atoms with Gasteiger partial charge in [-0.3, -0.25) is 4.79 Å². The first-order valence-electron chi connectivity index (χ1n) is 5.61. The Morgan fingerprint density at radius 2 is 2.12 bits per heavy atom. The number of aldehydes is 1. The van der Waals surface area contributed by atoms with Gasteiger partial charge in [0.15, 0.2) is 6.29 Å². The van der Waals surface area contributed by atoms with E-state index in [0.29, 0.717) is 17.9 Å². The van der Waals surface area contributed by atoms with Gasteiger partial charge in [0, 0.05) is 0 Å². The molecule has 0 aliphatic carbocycles. The van der Waals surface area contributed by atoms with E-state index in [1.165, 1.54) is 0 Å². The highest BCUT2D eigenvalue weighted by Crippen LogP contribution is 2.26. The van der Waals surface area contributed by atoms with E-state index in [0.717, 1.165) is 30.3 Å². The Morgan fingerprint density at radius 3 is 2.62 bits per heavy atom. The first-order valence-corrected chi connectivity index (χ1v) is 5.61. The molecule has 2 nitrogen and oxygen atoms in total. The van der Waals surface area contributed by atoms with Gasteiger partial charge in [-0.25, -0.2) is 0 Å². The third-order valence-corrected chi connectivity index (χ3v) is 2.44. The van der Waals surface area contributed by atoms with E-state index in [-0.39, 0.29) is 0 Å². The lowest BCUT2D eigenvalue weighted by Gasteiger charge is -2.13. The van der Waals surface area contributed by atoms with Crippen LogP contribution in [0.1, 0.15) is 35.3 Å². The molecule has 0 radical (unpaired) electrons. The third kappa shape index (κ3) is 2.72. The molecule has 1 aromatic rings. The molecule has 16 heavy (non-hydrogen) atoms. The molecule has 2 heteroatoms. The number of rotatable bonds is 6. The number of aryl methyl sites for hydroxylation is 1. The van der Waals surface area contributed by atoms with Gasteiger partial charge in [0.05, 0.1) is 12.2 Å². The summed E-state index contributed by atoms with van der Waals surface area (Å²) in [7, 11) is 0. The molecule has 1 rings (SSSR count). The van der Waals surface area contributed by atoms with Gasteiger partial charge in [0.2, 0.25) is 0 Å². The number of allylic oxidation sites excluding steroid dienone is 1. The van der Waals surface area contributed by atoms with E-state index in [4.69, 9.17) is 4.74 Å². The maximum absolute atomic E-state index is 11.0. The van der Waals surface area contributed by atoms with Crippen molar-refractivity contribution in [3.63, 3.8) is 0 Å². The zero-order chi connectivity index (χ0) is 12.0. The van der Waals surface area contributed by atoms with E-state index >= 15 is 0 Å². The van der Waals surface area contributed by atoms with Crippen LogP contribution < -0.4 is 4.74 Å². The van der Waals surface area contributed by atoms with E-state index < -0.39 is 0 Å². The minimum atomic E-state index is 0.566. The molecule has 0 atom stereocenters. The highest BCUT2D eigenvalue weighted by atomic mass is 16.5. The number of carbonyl (C=O) groups excluding carboxylic acids is 1. The van der Waals surface area contributed by atoms with Crippen molar-refractivity contribution in [2.24, 2.45) is 0 Å². The molecule has 0 heterocycles. The molecule has 1 aromatic carbocycles. The average Bonchev–Trinajstić information content (AvgIpc) is 2.31. The first-order chi connectivity index (χ1) is 7.76. The van der Waals surface area contributed by atoms with Crippen molar-refractivity contribution >= 4 is 6.29 Å². The van der Waals surface area contributed by atoms with Crippen molar-refractivity contribution in [2.75, 3.05) is 6.61 Å². The minimum absolute atomic E-state index is 0.566. The van der Waals surface area contributed by atoms with Crippen LogP contribution >= 0.6 is 0 Å². The molecular weight excluding hydrogens is 200 g/mol. The van der Waals surface area contributed by atoms with Gasteiger partial charge in [-0.05, 0) is 37.0 Å². The number of ether oxygens (including phenoxy) is 1. The third-order valence-electron chi connectivity index (χ3n) is 2.44. The van der Waals surface area contributed by atoms with Crippen LogP contribution in [0.25, 0.3) is 0 Å². The van der Waals surface area contributed by atoms with Gasteiger partial charge in [-0.1, -0.05) is 19.1 Å². The molecule has 0 unspecified atom stereocenters. The summed E-state index contributed by atoms with van der Waals surface area (Å²) in [4.78, 5) is 11.0. The number of carbonyl (C=O) groups is 1. The normalized spacial score (nSPS) is 9.88. The topological polar surface area (TPSA) is 26.3 Å². The Kier molecular flexibility index (Phi) is 4.77. The van der Waals surface area contributed by atoms with Crippen LogP contribution in [0, 0.1) is 0 Å². The monoisotopic (exact) mass is 218 g/mol. The molecule has 0 aliphatic heterocycles. The van der Waals surface area contributed by atoms with E-state index in [1.807, 2.05) is 19.1 Å². The van der Waals surface area contributed by atoms with Crippen LogP contribution in [0.4, 0.5) is 0 Å². The second-order valence-electron chi connectivity index (χ2n) is 3.57. The summed E-state index contributed by atoms with van der Waals surface area (Å²) in [5, 5.41) is 0. The van der Waals surface area contributed by atoms with Crippen LogP contribution in [0.2, 0.25) is 0 Å². The van der Waals surface area contributed by atoms with E-state index in [9.17, 15) is 4.79 Å². The second kappa shape index (κ2) is 6.11. The van der Waals surface area contributed by atoms with Crippen molar-refractivity contribution in [1.29, 1.82) is 0 Å². The van der Waals surface area contributed by atoms with Gasteiger partial charge in [0.25, 0.3) is 0 Å². The summed E-state index contributed by atoms with van der Waals surface area (Å²) in [5.41, 5.74) is 2.83. The summed E-state index contributed by atoms with van der Waals surface area (Å²) in [6.07, 6.45) is 4.32. The first kappa shape index (κ1) is 12.5. The summed E-state index contributed by atoms with van der Waals surface area (Å²) in [5.74, 6) is 0.703. The zero-order valence-corrected chi connectivity index (χ0v) is 9.95. The molecule has 0 aliphatic rings. The standard InChI is InChI=1S/C14H18O2/c1-4-7-12-8-11(5-2)9-13(10-15)14(12)16-6-3/h4,8-10H,1,5-7H2,2-3H3. The predicted octanol–water partition coefficient (Wildman–Crippen LogP) is 3.19. The van der Waals surface area contributed by atoms with Gasteiger partial charge >= 0.3 is 0 Å². The largest absolute Gasteiger partial charge is 0.493 e. The maximum Gasteiger partial charge on any atom is 0.153 e. The van der Waals surface area contributed by atoms with Crippen molar-refractivity contribution < 1.29 is 9.53 Å². The minimum Gasteiger partial charge on any atom is -0.493 e. The predicted molar refractivity (Wildman–Crippen MR) is 66.3 cm³/mol. The average molecular weight is 218 g/mol. The van der Waals surface area contributed by atoms with Crippen molar-refractivity contribution in [3.05, 3.63) is 41.5 Å². The lowest BCUT2D eigenvalue weighted by Crippen LogP contribution is -2.02. The fourth-order valence-electron chi connectivity index (χ4n) is 1.70. The highest BCUT2D eigenvalue weighted by molar-refractivity contribution is 5.80. The van der Waals surface area contributed by atoms with Crippen LogP contribution in [0.3, 0.4) is 0 Å². The molecule has 0 aromatic heterocycles. The fourth-order valence-corrected chi connectivity index (χ4v) is 1.70. The van der Waals surface area contributed by atoms with Crippen LogP contribution in [-0.2, 0) is 12.8 Å². The molecule has 0 fully saturated rings. The SMILES string of the molecule is C=CCc1cc(CC)cc(C=O)c1OCC. The molecule has 0 spiro atoms. The van der Waals surface area contributed by atoms with Gasteiger partial charge in [-0.15, -0.1) is 6.58 Å². The lowest BCUT2D eigenvalue weighted by atomic mass is 10.0. The summed E-state index contributed by atoms with van der Waals surface area (Å²) >= 11 is 0. The van der Waals surface area contributed by atoms with E-state index in [1.54, 1.807) is 0 Å². The molecule has 0 bridgehead atoms. The van der Waals surface area contributed by atoms with E-state index in [2.05, 4.69) is 19.6 Å². The van der Waals surface area contributed by atoms with Crippen LogP contribution in [0.15, 0.2) is 24.8 Å². The van der Waals surface area contributed by atoms with Gasteiger partial charge < -0.3 is 4.74 Å². The van der Waals surface area contributed by atoms with Crippen molar-refractivity contribution in [3.8, 4) is 5.75 Å². The Bertz CT molecular complexity index is 381. The Morgan fingerprint density at radius 1 is 1.38 bits per heavy atom. The molecular formula is C14H18O2. The molecule has 0 N–H and O–H groups in total. The van der Waals surface area contributed by atoms with Gasteiger partial charge in [0.1, 0.15) is 5.75 Å². The van der Waals surface area contributed by atoms with Crippen LogP contribution in [-0.4, -0.2) is 12.9 Å². The lowest BCUT2D eigenvalue weighted by molar-refractivity contribution is 0.111. The van der Waals surface area contributed by atoms with Gasteiger partial charge in [-0.2, -0.15) is 0 Å². The quantitative estimate of drug-likeness (QED) is 0.541. The smallest absolute Gasteiger partial charge is 0.153 e. The maximum atomic E-state index is 11.0. The molecule has 86 valence electrons. The number of hydrogen-bond acceptors (Lipinski definition) is 2. The highest BCUT2D eigenvalue weighted by Gasteiger charge is 2.10. The fraction of sp³-hybridized carbons (Fsp3) is 0.357. The Labute approximate surface area is 96.9 Å². The molecule has 0 saturated carbocycles. The second-order valence-corrected chi connectivity index (χ2v) is 3.57. The Hall–Kier alpha value is -1.57.